The maximum Gasteiger partial charge on any atom is 0.214 e. The first kappa shape index (κ1) is 14.9. The smallest absolute Gasteiger partial charge is 0.214 e. The Labute approximate surface area is 119 Å². The molecule has 0 amide bonds. The van der Waals surface area contributed by atoms with E-state index < -0.39 is 10.0 Å². The molecule has 1 aliphatic heterocycles. The third-order valence-electron chi connectivity index (χ3n) is 3.62. The fourth-order valence-electron chi connectivity index (χ4n) is 2.37. The molecule has 2 heterocycles. The van der Waals surface area contributed by atoms with Crippen molar-refractivity contribution in [3.05, 3.63) is 30.1 Å². The molecule has 1 aliphatic rings. The summed E-state index contributed by atoms with van der Waals surface area (Å²) in [4.78, 5) is 3.91. The molecule has 6 nitrogen and oxygen atoms in total. The predicted octanol–water partition coefficient (Wildman–Crippen LogP) is 0.602. The zero-order valence-electron chi connectivity index (χ0n) is 11.3. The molecule has 20 heavy (non-hydrogen) atoms. The maximum atomic E-state index is 12.3. The van der Waals surface area contributed by atoms with Crippen LogP contribution < -0.4 is 5.73 Å². The van der Waals surface area contributed by atoms with E-state index in [1.54, 1.807) is 12.4 Å². The van der Waals surface area contributed by atoms with Crippen molar-refractivity contribution in [1.82, 2.24) is 9.29 Å². The van der Waals surface area contributed by atoms with Crippen LogP contribution in [-0.2, 0) is 16.4 Å². The summed E-state index contributed by atoms with van der Waals surface area (Å²) in [6.45, 7) is 0.871. The number of piperidine rings is 1. The van der Waals surface area contributed by atoms with Gasteiger partial charge in [-0.25, -0.2) is 12.7 Å². The molecule has 3 N–H and O–H groups in total. The summed E-state index contributed by atoms with van der Waals surface area (Å²) in [6.07, 6.45) is 5.36. The van der Waals surface area contributed by atoms with Crippen molar-refractivity contribution >= 4 is 15.9 Å². The molecular weight excluding hydrogens is 276 g/mol. The lowest BCUT2D eigenvalue weighted by molar-refractivity contribution is 0.310. The summed E-state index contributed by atoms with van der Waals surface area (Å²) >= 11 is 0. The first-order valence-corrected chi connectivity index (χ1v) is 8.30. The molecule has 0 radical (unpaired) electrons. The Kier molecular flexibility index (Phi) is 4.72. The largest absolute Gasteiger partial charge is 0.387 e. The molecule has 1 saturated heterocycles. The number of amidine groups is 1. The van der Waals surface area contributed by atoms with Crippen LogP contribution in [0.5, 0.6) is 0 Å². The van der Waals surface area contributed by atoms with Gasteiger partial charge in [0.05, 0.1) is 11.6 Å². The van der Waals surface area contributed by atoms with Crippen molar-refractivity contribution in [1.29, 1.82) is 5.41 Å². The lowest BCUT2D eigenvalue weighted by Crippen LogP contribution is -2.44. The Bertz CT molecular complexity index is 559. The Morgan fingerprint density at radius 3 is 2.80 bits per heavy atom. The first-order valence-electron chi connectivity index (χ1n) is 6.69. The van der Waals surface area contributed by atoms with Gasteiger partial charge in [0.25, 0.3) is 0 Å². The number of pyridine rings is 1. The molecule has 1 aromatic rings. The van der Waals surface area contributed by atoms with E-state index in [0.717, 1.165) is 18.4 Å². The highest BCUT2D eigenvalue weighted by atomic mass is 32.2. The van der Waals surface area contributed by atoms with Crippen LogP contribution >= 0.6 is 0 Å². The van der Waals surface area contributed by atoms with Crippen molar-refractivity contribution in [2.75, 3.05) is 18.8 Å². The van der Waals surface area contributed by atoms with E-state index in [1.165, 1.54) is 4.31 Å². The zero-order valence-corrected chi connectivity index (χ0v) is 12.1. The molecule has 0 aliphatic carbocycles. The normalized spacial score (nSPS) is 20.7. The fourth-order valence-corrected chi connectivity index (χ4v) is 3.94. The van der Waals surface area contributed by atoms with Crippen molar-refractivity contribution in [3.8, 4) is 0 Å². The molecule has 1 fully saturated rings. The van der Waals surface area contributed by atoms with Gasteiger partial charge >= 0.3 is 0 Å². The van der Waals surface area contributed by atoms with Gasteiger partial charge in [-0.05, 0) is 37.0 Å². The minimum atomic E-state index is -3.29. The highest BCUT2D eigenvalue weighted by molar-refractivity contribution is 7.89. The number of nitrogens with zero attached hydrogens (tertiary/aromatic N) is 2. The summed E-state index contributed by atoms with van der Waals surface area (Å²) < 4.78 is 26.1. The molecular formula is C13H20N4O2S. The van der Waals surface area contributed by atoms with Gasteiger partial charge in [0.15, 0.2) is 0 Å². The van der Waals surface area contributed by atoms with Crippen LogP contribution in [0.3, 0.4) is 0 Å². The van der Waals surface area contributed by atoms with Gasteiger partial charge in [-0.3, -0.25) is 10.4 Å². The van der Waals surface area contributed by atoms with Crippen LogP contribution in [0.1, 0.15) is 18.4 Å². The van der Waals surface area contributed by atoms with E-state index in [2.05, 4.69) is 4.98 Å². The minimum absolute atomic E-state index is 0.0824. The van der Waals surface area contributed by atoms with Gasteiger partial charge in [-0.2, -0.15) is 0 Å². The second-order valence-electron chi connectivity index (χ2n) is 5.07. The lowest BCUT2D eigenvalue weighted by Gasteiger charge is -2.31. The second-order valence-corrected chi connectivity index (χ2v) is 7.16. The second kappa shape index (κ2) is 6.32. The van der Waals surface area contributed by atoms with Gasteiger partial charge in [0.1, 0.15) is 0 Å². The Morgan fingerprint density at radius 2 is 2.15 bits per heavy atom. The van der Waals surface area contributed by atoms with E-state index >= 15 is 0 Å². The Hall–Kier alpha value is -1.47. The number of nitrogens with one attached hydrogen (secondary N) is 1. The third kappa shape index (κ3) is 3.77. The standard InChI is InChI=1S/C13H20N4O2S/c14-13(15)12-2-1-8-17(10-12)20(18,19)9-5-11-3-6-16-7-4-11/h3-4,6-7,12H,1-2,5,8-10H2,(H3,14,15). The molecule has 0 bridgehead atoms. The molecule has 1 atom stereocenters. The van der Waals surface area contributed by atoms with E-state index in [-0.39, 0.29) is 17.5 Å². The van der Waals surface area contributed by atoms with Crippen LogP contribution in [0.25, 0.3) is 0 Å². The van der Waals surface area contributed by atoms with Gasteiger partial charge < -0.3 is 5.73 Å². The van der Waals surface area contributed by atoms with E-state index in [9.17, 15) is 8.42 Å². The Balaban J connectivity index is 1.97. The molecule has 2 rings (SSSR count). The summed E-state index contributed by atoms with van der Waals surface area (Å²) in [6, 6.07) is 3.65. The quantitative estimate of drug-likeness (QED) is 0.614. The average Bonchev–Trinajstić information content (AvgIpc) is 2.46. The van der Waals surface area contributed by atoms with E-state index in [0.29, 0.717) is 19.5 Å². The fraction of sp³-hybridized carbons (Fsp3) is 0.538. The average molecular weight is 296 g/mol. The minimum Gasteiger partial charge on any atom is -0.387 e. The molecule has 0 saturated carbocycles. The number of rotatable bonds is 5. The lowest BCUT2D eigenvalue weighted by atomic mass is 9.99. The third-order valence-corrected chi connectivity index (χ3v) is 5.45. The number of aromatic nitrogens is 1. The molecule has 0 spiro atoms. The van der Waals surface area contributed by atoms with Crippen LogP contribution in [0.2, 0.25) is 0 Å². The van der Waals surface area contributed by atoms with Crippen LogP contribution in [0.15, 0.2) is 24.5 Å². The molecule has 1 unspecified atom stereocenters. The van der Waals surface area contributed by atoms with E-state index in [1.807, 2.05) is 12.1 Å². The summed E-state index contributed by atoms with van der Waals surface area (Å²) in [5, 5.41) is 7.47. The molecule has 7 heteroatoms. The van der Waals surface area contributed by atoms with Crippen molar-refractivity contribution < 1.29 is 8.42 Å². The summed E-state index contributed by atoms with van der Waals surface area (Å²) in [5.74, 6) is 0.0280. The number of hydrogen-bond acceptors (Lipinski definition) is 4. The number of nitrogens with two attached hydrogens (primary N) is 1. The van der Waals surface area contributed by atoms with Crippen LogP contribution in [0.4, 0.5) is 0 Å². The first-order chi connectivity index (χ1) is 9.49. The van der Waals surface area contributed by atoms with Gasteiger partial charge in [-0.15, -0.1) is 0 Å². The van der Waals surface area contributed by atoms with Gasteiger partial charge in [0, 0.05) is 31.4 Å². The number of hydrogen-bond donors (Lipinski definition) is 2. The Morgan fingerprint density at radius 1 is 1.45 bits per heavy atom. The SMILES string of the molecule is N=C(N)C1CCCN(S(=O)(=O)CCc2ccncc2)C1. The van der Waals surface area contributed by atoms with Crippen molar-refractivity contribution in [2.24, 2.45) is 11.7 Å². The molecule has 0 aromatic carbocycles. The number of aryl methyl sites for hydroxylation is 1. The number of sulfonamides is 1. The van der Waals surface area contributed by atoms with Crippen LogP contribution in [0, 0.1) is 11.3 Å². The van der Waals surface area contributed by atoms with E-state index in [4.69, 9.17) is 11.1 Å². The molecule has 1 aromatic heterocycles. The molecule has 110 valence electrons. The topological polar surface area (TPSA) is 100 Å². The summed E-state index contributed by atoms with van der Waals surface area (Å²) in [7, 11) is -3.29. The zero-order chi connectivity index (χ0) is 14.6. The highest BCUT2D eigenvalue weighted by Crippen LogP contribution is 2.19. The maximum absolute atomic E-state index is 12.3. The monoisotopic (exact) mass is 296 g/mol. The van der Waals surface area contributed by atoms with Crippen LogP contribution in [-0.4, -0.2) is 42.4 Å². The highest BCUT2D eigenvalue weighted by Gasteiger charge is 2.29. The predicted molar refractivity (Wildman–Crippen MR) is 77.9 cm³/mol. The summed E-state index contributed by atoms with van der Waals surface area (Å²) in [5.41, 5.74) is 6.45. The van der Waals surface area contributed by atoms with Crippen molar-refractivity contribution in [3.63, 3.8) is 0 Å². The van der Waals surface area contributed by atoms with Gasteiger partial charge in [-0.1, -0.05) is 0 Å². The van der Waals surface area contributed by atoms with Crippen molar-refractivity contribution in [2.45, 2.75) is 19.3 Å². The van der Waals surface area contributed by atoms with Gasteiger partial charge in [0.2, 0.25) is 10.0 Å².